The molecule has 130 valence electrons. The number of carbonyl (C=O) groups is 1. The molecule has 1 aromatic carbocycles. The van der Waals surface area contributed by atoms with Gasteiger partial charge in [-0.15, -0.1) is 0 Å². The Hall–Kier alpha value is -1.53. The van der Waals surface area contributed by atoms with Gasteiger partial charge in [0, 0.05) is 18.5 Å². The van der Waals surface area contributed by atoms with E-state index in [1.165, 1.54) is 0 Å². The lowest BCUT2D eigenvalue weighted by molar-refractivity contribution is -0.134. The predicted molar refractivity (Wildman–Crippen MR) is 86.6 cm³/mol. The molecule has 0 saturated carbocycles. The summed E-state index contributed by atoms with van der Waals surface area (Å²) in [6.45, 7) is 2.75. The Kier molecular flexibility index (Phi) is 4.04. The number of fused-ring (bicyclic) bond motifs is 2. The highest BCUT2D eigenvalue weighted by atomic mass is 19.2. The molecule has 4 aliphatic rings. The number of rotatable bonds is 3. The van der Waals surface area contributed by atoms with E-state index in [9.17, 15) is 13.6 Å². The average Bonchev–Trinajstić information content (AvgIpc) is 3.01. The number of likely N-dealkylation sites (N-methyl/N-ethyl adjacent to an activating group) is 1. The van der Waals surface area contributed by atoms with Crippen molar-refractivity contribution in [3.8, 4) is 0 Å². The zero-order chi connectivity index (χ0) is 16.8. The minimum absolute atomic E-state index is 0.0561. The summed E-state index contributed by atoms with van der Waals surface area (Å²) < 4.78 is 28.2. The molecule has 4 heterocycles. The number of likely N-dealkylation sites (tertiary alicyclic amines) is 1. The topological polar surface area (TPSA) is 35.6 Å². The summed E-state index contributed by atoms with van der Waals surface area (Å²) in [6.07, 6.45) is 2.17. The van der Waals surface area contributed by atoms with Crippen LogP contribution in [0.5, 0.6) is 0 Å². The van der Waals surface area contributed by atoms with E-state index in [4.69, 9.17) is 0 Å². The number of carbonyl (C=O) groups excluding carboxylic acids is 1. The minimum Gasteiger partial charge on any atom is -0.336 e. The Balaban J connectivity index is 1.72. The average molecular weight is 335 g/mol. The van der Waals surface area contributed by atoms with Crippen molar-refractivity contribution in [2.75, 3.05) is 33.2 Å². The fourth-order valence-corrected chi connectivity index (χ4v) is 5.04. The Morgan fingerprint density at radius 2 is 2.00 bits per heavy atom. The zero-order valence-electron chi connectivity index (χ0n) is 13.8. The van der Waals surface area contributed by atoms with E-state index in [0.29, 0.717) is 18.0 Å². The molecule has 1 N–H and O–H groups in total. The number of amides is 1. The van der Waals surface area contributed by atoms with Gasteiger partial charge >= 0.3 is 0 Å². The number of hydrogen-bond donors (Lipinski definition) is 1. The molecule has 0 spiro atoms. The molecule has 6 heteroatoms. The fraction of sp³-hybridized carbons (Fsp3) is 0.611. The lowest BCUT2D eigenvalue weighted by Crippen LogP contribution is -2.61. The standard InChI is InChI=1S/C18H23F2N3O/c1-21-9-15(24)23-10-13(12-3-2-4-14(19)16(12)20)18-17(23)11-5-7-22(18)8-6-11/h2-4,11,13,17-18,21H,5-10H2,1H3/t13-,17-,18-/m1/s1. The van der Waals surface area contributed by atoms with Crippen LogP contribution in [0.15, 0.2) is 18.2 Å². The number of piperidine rings is 3. The third-order valence-electron chi connectivity index (χ3n) is 6.02. The molecule has 4 saturated heterocycles. The van der Waals surface area contributed by atoms with E-state index >= 15 is 0 Å². The summed E-state index contributed by atoms with van der Waals surface area (Å²) in [7, 11) is 1.76. The molecule has 4 fully saturated rings. The van der Waals surface area contributed by atoms with Gasteiger partial charge in [-0.05, 0) is 50.5 Å². The van der Waals surface area contributed by atoms with E-state index in [1.54, 1.807) is 19.2 Å². The van der Waals surface area contributed by atoms with Crippen molar-refractivity contribution < 1.29 is 13.6 Å². The van der Waals surface area contributed by atoms with Gasteiger partial charge in [-0.2, -0.15) is 0 Å². The van der Waals surface area contributed by atoms with Gasteiger partial charge in [-0.3, -0.25) is 9.69 Å². The highest BCUT2D eigenvalue weighted by Gasteiger charge is 2.54. The van der Waals surface area contributed by atoms with Crippen molar-refractivity contribution in [3.05, 3.63) is 35.4 Å². The van der Waals surface area contributed by atoms with E-state index in [2.05, 4.69) is 10.2 Å². The van der Waals surface area contributed by atoms with Gasteiger partial charge in [0.25, 0.3) is 0 Å². The van der Waals surface area contributed by atoms with E-state index < -0.39 is 11.6 Å². The maximum absolute atomic E-state index is 14.4. The van der Waals surface area contributed by atoms with Crippen LogP contribution < -0.4 is 5.32 Å². The molecular weight excluding hydrogens is 312 g/mol. The number of nitrogens with zero attached hydrogens (tertiary/aromatic N) is 2. The van der Waals surface area contributed by atoms with E-state index in [-0.39, 0.29) is 30.5 Å². The van der Waals surface area contributed by atoms with Crippen molar-refractivity contribution in [2.45, 2.75) is 30.8 Å². The smallest absolute Gasteiger partial charge is 0.236 e. The lowest BCUT2D eigenvalue weighted by Gasteiger charge is -2.51. The molecule has 1 aromatic rings. The fourth-order valence-electron chi connectivity index (χ4n) is 5.04. The SMILES string of the molecule is CNCC(=O)N1C[C@H](c2cccc(F)c2F)[C@@H]2[C@H]1C1CCN2CC1. The van der Waals surface area contributed by atoms with Gasteiger partial charge in [0.1, 0.15) is 0 Å². The van der Waals surface area contributed by atoms with Crippen LogP contribution in [-0.4, -0.2) is 61.0 Å². The van der Waals surface area contributed by atoms with Crippen LogP contribution in [0, 0.1) is 17.6 Å². The van der Waals surface area contributed by atoms with Gasteiger partial charge in [0.15, 0.2) is 11.6 Å². The summed E-state index contributed by atoms with van der Waals surface area (Å²) in [5.41, 5.74) is 0.414. The van der Waals surface area contributed by atoms with Crippen molar-refractivity contribution in [2.24, 2.45) is 5.92 Å². The van der Waals surface area contributed by atoms with E-state index in [1.807, 2.05) is 4.90 Å². The van der Waals surface area contributed by atoms with Gasteiger partial charge in [-0.25, -0.2) is 8.78 Å². The first-order valence-electron chi connectivity index (χ1n) is 8.74. The maximum Gasteiger partial charge on any atom is 0.236 e. The Labute approximate surface area is 140 Å². The number of nitrogens with one attached hydrogen (secondary N) is 1. The third kappa shape index (κ3) is 2.35. The second-order valence-electron chi connectivity index (χ2n) is 7.18. The summed E-state index contributed by atoms with van der Waals surface area (Å²) >= 11 is 0. The second-order valence-corrected chi connectivity index (χ2v) is 7.18. The number of halogens is 2. The van der Waals surface area contributed by atoms with Gasteiger partial charge < -0.3 is 10.2 Å². The van der Waals surface area contributed by atoms with Crippen molar-refractivity contribution in [3.63, 3.8) is 0 Å². The largest absolute Gasteiger partial charge is 0.336 e. The van der Waals surface area contributed by atoms with Crippen molar-refractivity contribution >= 4 is 5.91 Å². The molecule has 5 rings (SSSR count). The molecule has 4 aliphatic heterocycles. The Morgan fingerprint density at radius 3 is 2.71 bits per heavy atom. The normalized spacial score (nSPS) is 34.5. The van der Waals surface area contributed by atoms with Crippen LogP contribution in [0.1, 0.15) is 24.3 Å². The molecule has 3 atom stereocenters. The maximum atomic E-state index is 14.4. The first-order chi connectivity index (χ1) is 11.6. The highest BCUT2D eigenvalue weighted by molar-refractivity contribution is 5.79. The molecule has 2 bridgehead atoms. The summed E-state index contributed by atoms with van der Waals surface area (Å²) in [5, 5.41) is 2.92. The Morgan fingerprint density at radius 1 is 1.25 bits per heavy atom. The van der Waals surface area contributed by atoms with Crippen LogP contribution in [0.3, 0.4) is 0 Å². The highest BCUT2D eigenvalue weighted by Crippen LogP contribution is 2.47. The minimum atomic E-state index is -0.806. The van der Waals surface area contributed by atoms with Gasteiger partial charge in [-0.1, -0.05) is 12.1 Å². The van der Waals surface area contributed by atoms with Crippen molar-refractivity contribution in [1.29, 1.82) is 0 Å². The summed E-state index contributed by atoms with van der Waals surface area (Å²) in [4.78, 5) is 16.9. The van der Waals surface area contributed by atoms with Crippen LogP contribution >= 0.6 is 0 Å². The number of benzene rings is 1. The van der Waals surface area contributed by atoms with Gasteiger partial charge in [0.2, 0.25) is 5.91 Å². The van der Waals surface area contributed by atoms with Crippen LogP contribution in [-0.2, 0) is 4.79 Å². The molecule has 4 nitrogen and oxygen atoms in total. The third-order valence-corrected chi connectivity index (χ3v) is 6.02. The lowest BCUT2D eigenvalue weighted by atomic mass is 9.75. The molecule has 0 aromatic heterocycles. The zero-order valence-corrected chi connectivity index (χ0v) is 13.8. The van der Waals surface area contributed by atoms with E-state index in [0.717, 1.165) is 32.0 Å². The van der Waals surface area contributed by atoms with Gasteiger partial charge in [0.05, 0.1) is 12.6 Å². The Bertz CT molecular complexity index is 645. The molecule has 0 aliphatic carbocycles. The summed E-state index contributed by atoms with van der Waals surface area (Å²) in [6, 6.07) is 4.63. The molecular formula is C18H23F2N3O. The summed E-state index contributed by atoms with van der Waals surface area (Å²) in [5.74, 6) is -1.19. The first-order valence-corrected chi connectivity index (χ1v) is 8.74. The molecule has 0 unspecified atom stereocenters. The quantitative estimate of drug-likeness (QED) is 0.911. The molecule has 24 heavy (non-hydrogen) atoms. The molecule has 0 radical (unpaired) electrons. The van der Waals surface area contributed by atoms with Crippen LogP contribution in [0.25, 0.3) is 0 Å². The van der Waals surface area contributed by atoms with Crippen molar-refractivity contribution in [1.82, 2.24) is 15.1 Å². The monoisotopic (exact) mass is 335 g/mol. The second kappa shape index (κ2) is 6.08. The predicted octanol–water partition coefficient (Wildman–Crippen LogP) is 1.57. The molecule has 1 amide bonds. The first kappa shape index (κ1) is 16.0. The van der Waals surface area contributed by atoms with Crippen LogP contribution in [0.2, 0.25) is 0 Å². The van der Waals surface area contributed by atoms with Crippen LogP contribution in [0.4, 0.5) is 8.78 Å². The number of hydrogen-bond acceptors (Lipinski definition) is 3.